The Kier molecular flexibility index (Phi) is 5.91. The van der Waals surface area contributed by atoms with Crippen molar-refractivity contribution in [1.82, 2.24) is 4.31 Å². The number of anilines is 1. The molecule has 0 aliphatic rings. The number of nitrogens with zero attached hydrogens (tertiary/aromatic N) is 1. The second-order valence-corrected chi connectivity index (χ2v) is 6.85. The van der Waals surface area contributed by atoms with Crippen LogP contribution in [-0.4, -0.2) is 39.5 Å². The minimum atomic E-state index is -3.89. The number of benzene rings is 1. The Morgan fingerprint density at radius 3 is 2.55 bits per heavy atom. The van der Waals surface area contributed by atoms with Gasteiger partial charge in [0.05, 0.1) is 6.61 Å². The van der Waals surface area contributed by atoms with Gasteiger partial charge in [0.25, 0.3) is 0 Å². The second kappa shape index (κ2) is 7.01. The van der Waals surface area contributed by atoms with Crippen molar-refractivity contribution in [3.63, 3.8) is 0 Å². The van der Waals surface area contributed by atoms with Gasteiger partial charge in [0.2, 0.25) is 10.0 Å². The smallest absolute Gasteiger partial charge is 0.246 e. The Morgan fingerprint density at radius 2 is 2.05 bits per heavy atom. The normalized spacial score (nSPS) is 12.3. The quantitative estimate of drug-likeness (QED) is 0.778. The molecule has 0 spiro atoms. The Labute approximate surface area is 119 Å². The summed E-state index contributed by atoms with van der Waals surface area (Å²) in [5.41, 5.74) is 5.63. The van der Waals surface area contributed by atoms with Crippen LogP contribution in [0.25, 0.3) is 0 Å². The Balaban J connectivity index is 3.14. The van der Waals surface area contributed by atoms with E-state index in [2.05, 4.69) is 0 Å². The van der Waals surface area contributed by atoms with Crippen LogP contribution in [0.3, 0.4) is 0 Å². The molecule has 0 saturated heterocycles. The molecule has 0 heterocycles. The molecule has 5 nitrogen and oxygen atoms in total. The number of hydrogen-bond acceptors (Lipinski definition) is 4. The SMILES string of the molecule is COCCN(CC(C)C)S(=O)(=O)c1ccc(N)cc1F. The van der Waals surface area contributed by atoms with Gasteiger partial charge in [-0.2, -0.15) is 4.31 Å². The number of nitrogens with two attached hydrogens (primary N) is 1. The van der Waals surface area contributed by atoms with E-state index < -0.39 is 15.8 Å². The van der Waals surface area contributed by atoms with Gasteiger partial charge in [0.15, 0.2) is 0 Å². The zero-order valence-electron chi connectivity index (χ0n) is 12.0. The summed E-state index contributed by atoms with van der Waals surface area (Å²) in [6.45, 7) is 4.53. The lowest BCUT2D eigenvalue weighted by molar-refractivity contribution is 0.175. The molecular weight excluding hydrogens is 283 g/mol. The molecule has 0 bridgehead atoms. The molecule has 7 heteroatoms. The third-order valence-electron chi connectivity index (χ3n) is 2.69. The van der Waals surface area contributed by atoms with E-state index in [1.807, 2.05) is 13.8 Å². The minimum absolute atomic E-state index is 0.124. The van der Waals surface area contributed by atoms with E-state index in [0.29, 0.717) is 6.54 Å². The lowest BCUT2D eigenvalue weighted by atomic mass is 10.2. The van der Waals surface area contributed by atoms with Gasteiger partial charge in [-0.25, -0.2) is 12.8 Å². The zero-order valence-corrected chi connectivity index (χ0v) is 12.8. The molecule has 0 amide bonds. The van der Waals surface area contributed by atoms with Crippen molar-refractivity contribution in [3.05, 3.63) is 24.0 Å². The highest BCUT2D eigenvalue weighted by Crippen LogP contribution is 2.22. The minimum Gasteiger partial charge on any atom is -0.399 e. The summed E-state index contributed by atoms with van der Waals surface area (Å²) in [5, 5.41) is 0. The second-order valence-electron chi connectivity index (χ2n) is 4.94. The molecule has 20 heavy (non-hydrogen) atoms. The first-order valence-electron chi connectivity index (χ1n) is 6.33. The third-order valence-corrected chi connectivity index (χ3v) is 4.59. The molecule has 0 aliphatic carbocycles. The summed E-state index contributed by atoms with van der Waals surface area (Å²) in [5.74, 6) is -0.713. The molecule has 0 saturated carbocycles. The predicted octanol–water partition coefficient (Wildman–Crippen LogP) is 1.70. The van der Waals surface area contributed by atoms with Gasteiger partial charge in [0, 0.05) is 25.9 Å². The number of nitrogen functional groups attached to an aromatic ring is 1. The van der Waals surface area contributed by atoms with E-state index in [1.54, 1.807) is 0 Å². The largest absolute Gasteiger partial charge is 0.399 e. The average molecular weight is 304 g/mol. The number of rotatable bonds is 7. The summed E-state index contributed by atoms with van der Waals surface area (Å²) in [6.07, 6.45) is 0. The van der Waals surface area contributed by atoms with Gasteiger partial charge in [-0.1, -0.05) is 13.8 Å². The van der Waals surface area contributed by atoms with Gasteiger partial charge < -0.3 is 10.5 Å². The molecule has 0 atom stereocenters. The first-order chi connectivity index (χ1) is 9.28. The number of hydrogen-bond donors (Lipinski definition) is 1. The molecule has 0 radical (unpaired) electrons. The van der Waals surface area contributed by atoms with Crippen LogP contribution in [0.4, 0.5) is 10.1 Å². The van der Waals surface area contributed by atoms with Crippen LogP contribution in [0.1, 0.15) is 13.8 Å². The standard InChI is InChI=1S/C13H21FN2O3S/c1-10(2)9-16(6-7-19-3)20(17,18)13-5-4-11(15)8-12(13)14/h4-5,8,10H,6-7,9,15H2,1-3H3. The molecular formula is C13H21FN2O3S. The van der Waals surface area contributed by atoms with Crippen molar-refractivity contribution in [2.75, 3.05) is 32.5 Å². The molecule has 1 aromatic rings. The Bertz CT molecular complexity index is 547. The first-order valence-corrected chi connectivity index (χ1v) is 7.77. The predicted molar refractivity (Wildman–Crippen MR) is 76.3 cm³/mol. The van der Waals surface area contributed by atoms with Gasteiger partial charge in [0.1, 0.15) is 10.7 Å². The molecule has 2 N–H and O–H groups in total. The highest BCUT2D eigenvalue weighted by molar-refractivity contribution is 7.89. The number of methoxy groups -OCH3 is 1. The fourth-order valence-electron chi connectivity index (χ4n) is 1.78. The zero-order chi connectivity index (χ0) is 15.3. The number of ether oxygens (including phenoxy) is 1. The third kappa shape index (κ3) is 4.16. The van der Waals surface area contributed by atoms with Crippen molar-refractivity contribution >= 4 is 15.7 Å². The molecule has 1 rings (SSSR count). The van der Waals surface area contributed by atoms with Crippen LogP contribution < -0.4 is 5.73 Å². The fourth-order valence-corrected chi connectivity index (χ4v) is 3.41. The molecule has 114 valence electrons. The monoisotopic (exact) mass is 304 g/mol. The number of sulfonamides is 1. The summed E-state index contributed by atoms with van der Waals surface area (Å²) < 4.78 is 45.0. The Morgan fingerprint density at radius 1 is 1.40 bits per heavy atom. The van der Waals surface area contributed by atoms with Gasteiger partial charge >= 0.3 is 0 Å². The molecule has 1 aromatic carbocycles. The summed E-state index contributed by atoms with van der Waals surface area (Å²) in [4.78, 5) is -0.358. The summed E-state index contributed by atoms with van der Waals surface area (Å²) in [6, 6.07) is 3.58. The topological polar surface area (TPSA) is 72.6 Å². The van der Waals surface area contributed by atoms with Gasteiger partial charge in [-0.15, -0.1) is 0 Å². The van der Waals surface area contributed by atoms with Crippen molar-refractivity contribution in [2.45, 2.75) is 18.7 Å². The van der Waals surface area contributed by atoms with Crippen molar-refractivity contribution in [3.8, 4) is 0 Å². The lowest BCUT2D eigenvalue weighted by Crippen LogP contribution is -2.37. The average Bonchev–Trinajstić information content (AvgIpc) is 2.33. The lowest BCUT2D eigenvalue weighted by Gasteiger charge is -2.24. The van der Waals surface area contributed by atoms with E-state index in [0.717, 1.165) is 6.07 Å². The van der Waals surface area contributed by atoms with Gasteiger partial charge in [-0.3, -0.25) is 0 Å². The maximum Gasteiger partial charge on any atom is 0.246 e. The van der Waals surface area contributed by atoms with Crippen LogP contribution >= 0.6 is 0 Å². The maximum atomic E-state index is 13.8. The first kappa shape index (κ1) is 16.9. The van der Waals surface area contributed by atoms with Crippen LogP contribution in [0.2, 0.25) is 0 Å². The van der Waals surface area contributed by atoms with Crippen LogP contribution in [0.15, 0.2) is 23.1 Å². The van der Waals surface area contributed by atoms with Crippen LogP contribution in [0.5, 0.6) is 0 Å². The van der Waals surface area contributed by atoms with Crippen molar-refractivity contribution < 1.29 is 17.5 Å². The maximum absolute atomic E-state index is 13.8. The molecule has 0 aliphatic heterocycles. The summed E-state index contributed by atoms with van der Waals surface area (Å²) >= 11 is 0. The van der Waals surface area contributed by atoms with E-state index in [4.69, 9.17) is 10.5 Å². The highest BCUT2D eigenvalue weighted by atomic mass is 32.2. The Hall–Kier alpha value is -1.18. The number of halogens is 1. The van der Waals surface area contributed by atoms with Crippen LogP contribution in [-0.2, 0) is 14.8 Å². The van der Waals surface area contributed by atoms with Crippen LogP contribution in [0, 0.1) is 11.7 Å². The molecule has 0 unspecified atom stereocenters. The molecule has 0 fully saturated rings. The van der Waals surface area contributed by atoms with E-state index >= 15 is 0 Å². The van der Waals surface area contributed by atoms with E-state index in [-0.39, 0.29) is 29.7 Å². The van der Waals surface area contributed by atoms with Crippen molar-refractivity contribution in [1.29, 1.82) is 0 Å². The summed E-state index contributed by atoms with van der Waals surface area (Å²) in [7, 11) is -2.40. The van der Waals surface area contributed by atoms with E-state index in [1.165, 1.54) is 23.5 Å². The fraction of sp³-hybridized carbons (Fsp3) is 0.538. The van der Waals surface area contributed by atoms with E-state index in [9.17, 15) is 12.8 Å². The molecule has 0 aromatic heterocycles. The van der Waals surface area contributed by atoms with Gasteiger partial charge in [-0.05, 0) is 24.1 Å². The highest BCUT2D eigenvalue weighted by Gasteiger charge is 2.27. The van der Waals surface area contributed by atoms with Crippen molar-refractivity contribution in [2.24, 2.45) is 5.92 Å².